The van der Waals surface area contributed by atoms with Crippen LogP contribution in [0.2, 0.25) is 0 Å². The highest BCUT2D eigenvalue weighted by molar-refractivity contribution is 7.02. The lowest BCUT2D eigenvalue weighted by Crippen LogP contribution is -2.65. The molecular weight excluding hydrogens is 468 g/mol. The maximum atomic E-state index is 2.57. The first-order valence-electron chi connectivity index (χ1n) is 14.3. The van der Waals surface area contributed by atoms with E-state index in [9.17, 15) is 0 Å². The van der Waals surface area contributed by atoms with E-state index in [2.05, 4.69) is 148 Å². The first kappa shape index (κ1) is 24.1. The van der Waals surface area contributed by atoms with Crippen LogP contribution in [-0.4, -0.2) is 13.4 Å². The van der Waals surface area contributed by atoms with Gasteiger partial charge in [0.2, 0.25) is 13.4 Å². The predicted molar refractivity (Wildman–Crippen MR) is 171 cm³/mol. The van der Waals surface area contributed by atoms with Crippen LogP contribution in [0.15, 0.2) is 115 Å². The lowest BCUT2D eigenvalue weighted by molar-refractivity contribution is 0.867. The van der Waals surface area contributed by atoms with Crippen LogP contribution in [0.1, 0.15) is 50.7 Å². The van der Waals surface area contributed by atoms with Gasteiger partial charge in [-0.05, 0) is 56.9 Å². The number of nitrogens with zero attached hydrogens (tertiary/aromatic N) is 1. The zero-order valence-corrected chi connectivity index (χ0v) is 23.2. The molecule has 0 saturated carbocycles. The van der Waals surface area contributed by atoms with E-state index in [1.807, 2.05) is 0 Å². The molecule has 0 aromatic heterocycles. The van der Waals surface area contributed by atoms with Crippen molar-refractivity contribution in [2.45, 2.75) is 39.5 Å². The van der Waals surface area contributed by atoms with Crippen molar-refractivity contribution in [1.82, 2.24) is 0 Å². The predicted octanol–water partition coefficient (Wildman–Crippen LogP) is 5.06. The molecule has 7 rings (SSSR count). The Balaban J connectivity index is 1.57. The summed E-state index contributed by atoms with van der Waals surface area (Å²) in [4.78, 5) is 2.57. The van der Waals surface area contributed by atoms with Gasteiger partial charge in [0.1, 0.15) is 0 Å². The Morgan fingerprint density at radius 1 is 0.462 bits per heavy atom. The van der Waals surface area contributed by atoms with Gasteiger partial charge in [0, 0.05) is 17.1 Å². The monoisotopic (exact) mass is 501 g/mol. The Hall–Kier alpha value is -3.97. The van der Waals surface area contributed by atoms with E-state index < -0.39 is 0 Å². The molecule has 0 spiro atoms. The molecule has 0 N–H and O–H groups in total. The van der Waals surface area contributed by atoms with E-state index in [-0.39, 0.29) is 13.4 Å². The number of hydrogen-bond acceptors (Lipinski definition) is 1. The normalized spacial score (nSPS) is 13.4. The molecule has 3 heteroatoms. The Morgan fingerprint density at radius 3 is 1.31 bits per heavy atom. The molecule has 0 fully saturated rings. The SMILES string of the molecule is CC(C)c1ccc2c(c1)B(c1ccccc1)c1cccc3c1N2c1ccc(C(C)C)cc1B3c1ccccc1. The molecule has 0 atom stereocenters. The fourth-order valence-corrected chi connectivity index (χ4v) is 6.75. The van der Waals surface area contributed by atoms with Crippen molar-refractivity contribution in [2.75, 3.05) is 4.90 Å². The zero-order chi connectivity index (χ0) is 26.7. The molecule has 0 unspecified atom stereocenters. The number of fused-ring (bicyclic) bond motifs is 4. The van der Waals surface area contributed by atoms with Crippen LogP contribution in [-0.2, 0) is 0 Å². The number of hydrogen-bond donors (Lipinski definition) is 0. The largest absolute Gasteiger partial charge is 0.313 e. The van der Waals surface area contributed by atoms with E-state index in [0.717, 1.165) is 0 Å². The Kier molecular flexibility index (Phi) is 5.77. The van der Waals surface area contributed by atoms with Crippen LogP contribution in [0.5, 0.6) is 0 Å². The summed E-state index contributed by atoms with van der Waals surface area (Å²) in [5.74, 6) is 0.952. The molecule has 2 heterocycles. The van der Waals surface area contributed by atoms with E-state index >= 15 is 0 Å². The van der Waals surface area contributed by atoms with Gasteiger partial charge < -0.3 is 4.90 Å². The Bertz CT molecular complexity index is 1550. The molecule has 5 aromatic rings. The quantitative estimate of drug-likeness (QED) is 0.305. The standard InChI is InChI=1S/C36H33B2N/c1-24(2)26-18-20-34-32(22-26)37(28-12-7-5-8-13-28)30-16-11-17-31-36(30)39(34)35-21-19-27(25(3)4)23-33(35)38(31)29-14-9-6-10-15-29/h5-25H,1-4H3. The maximum Gasteiger partial charge on any atom is 0.246 e. The summed E-state index contributed by atoms with van der Waals surface area (Å²) in [5, 5.41) is 0. The van der Waals surface area contributed by atoms with Crippen molar-refractivity contribution < 1.29 is 0 Å². The summed E-state index contributed by atoms with van der Waals surface area (Å²) in [6.45, 7) is 9.56. The average molecular weight is 501 g/mol. The third-order valence-electron chi connectivity index (χ3n) is 8.75. The van der Waals surface area contributed by atoms with E-state index in [1.165, 1.54) is 61.0 Å². The number of para-hydroxylation sites is 1. The molecule has 0 radical (unpaired) electrons. The molecular formula is C36H33B2N. The average Bonchev–Trinajstić information content (AvgIpc) is 2.97. The van der Waals surface area contributed by atoms with Crippen LogP contribution in [0.3, 0.4) is 0 Å². The number of benzene rings is 5. The van der Waals surface area contributed by atoms with Gasteiger partial charge in [0.25, 0.3) is 0 Å². The van der Waals surface area contributed by atoms with Crippen molar-refractivity contribution in [3.05, 3.63) is 126 Å². The minimum absolute atomic E-state index is 0.194. The molecule has 2 aliphatic heterocycles. The molecule has 5 aromatic carbocycles. The first-order valence-corrected chi connectivity index (χ1v) is 14.3. The molecule has 2 aliphatic rings. The van der Waals surface area contributed by atoms with Crippen molar-refractivity contribution in [3.63, 3.8) is 0 Å². The summed E-state index contributed by atoms with van der Waals surface area (Å²) < 4.78 is 0. The van der Waals surface area contributed by atoms with E-state index in [1.54, 1.807) is 0 Å². The molecule has 39 heavy (non-hydrogen) atoms. The fraction of sp³-hybridized carbons (Fsp3) is 0.167. The second-order valence-electron chi connectivity index (χ2n) is 11.8. The highest BCUT2D eigenvalue weighted by Crippen LogP contribution is 2.38. The van der Waals surface area contributed by atoms with E-state index in [4.69, 9.17) is 0 Å². The van der Waals surface area contributed by atoms with Crippen LogP contribution < -0.4 is 37.7 Å². The molecule has 0 aliphatic carbocycles. The second-order valence-corrected chi connectivity index (χ2v) is 11.8. The van der Waals surface area contributed by atoms with Crippen LogP contribution in [0, 0.1) is 0 Å². The van der Waals surface area contributed by atoms with Gasteiger partial charge in [-0.1, -0.05) is 142 Å². The summed E-state index contributed by atoms with van der Waals surface area (Å²) in [7, 11) is 0. The molecule has 0 amide bonds. The summed E-state index contributed by atoms with van der Waals surface area (Å²) >= 11 is 0. The van der Waals surface area contributed by atoms with Gasteiger partial charge in [-0.15, -0.1) is 0 Å². The van der Waals surface area contributed by atoms with Crippen LogP contribution in [0.25, 0.3) is 0 Å². The van der Waals surface area contributed by atoms with Crippen LogP contribution in [0.4, 0.5) is 17.1 Å². The summed E-state index contributed by atoms with van der Waals surface area (Å²) in [6.07, 6.45) is 0. The van der Waals surface area contributed by atoms with Gasteiger partial charge in [-0.25, -0.2) is 0 Å². The Labute approximate surface area is 233 Å². The second kappa shape index (κ2) is 9.35. The van der Waals surface area contributed by atoms with Gasteiger partial charge in [-0.3, -0.25) is 0 Å². The van der Waals surface area contributed by atoms with Gasteiger partial charge in [0.15, 0.2) is 0 Å². The highest BCUT2D eigenvalue weighted by Gasteiger charge is 2.43. The van der Waals surface area contributed by atoms with E-state index in [0.29, 0.717) is 11.8 Å². The van der Waals surface area contributed by atoms with Gasteiger partial charge >= 0.3 is 0 Å². The fourth-order valence-electron chi connectivity index (χ4n) is 6.75. The van der Waals surface area contributed by atoms with Crippen molar-refractivity contribution in [1.29, 1.82) is 0 Å². The molecule has 0 bridgehead atoms. The third-order valence-corrected chi connectivity index (χ3v) is 8.75. The summed E-state index contributed by atoms with van der Waals surface area (Å²) in [6, 6.07) is 43.5. The first-order chi connectivity index (χ1) is 19.0. The third kappa shape index (κ3) is 3.79. The Morgan fingerprint density at radius 2 is 0.897 bits per heavy atom. The lowest BCUT2D eigenvalue weighted by atomic mass is 9.30. The molecule has 0 saturated heterocycles. The minimum atomic E-state index is 0.194. The minimum Gasteiger partial charge on any atom is -0.313 e. The maximum absolute atomic E-state index is 2.57. The topological polar surface area (TPSA) is 3.24 Å². The zero-order valence-electron chi connectivity index (χ0n) is 23.2. The van der Waals surface area contributed by atoms with Crippen molar-refractivity contribution in [2.24, 2.45) is 0 Å². The van der Waals surface area contributed by atoms with Gasteiger partial charge in [0.05, 0.1) is 0 Å². The molecule has 188 valence electrons. The highest BCUT2D eigenvalue weighted by atomic mass is 15.2. The lowest BCUT2D eigenvalue weighted by Gasteiger charge is -2.44. The number of rotatable bonds is 4. The van der Waals surface area contributed by atoms with Crippen LogP contribution >= 0.6 is 0 Å². The van der Waals surface area contributed by atoms with Crippen molar-refractivity contribution in [3.8, 4) is 0 Å². The van der Waals surface area contributed by atoms with Gasteiger partial charge in [-0.2, -0.15) is 0 Å². The summed E-state index contributed by atoms with van der Waals surface area (Å²) in [5.41, 5.74) is 15.0. The molecule has 1 nitrogen and oxygen atoms in total. The van der Waals surface area contributed by atoms with Crippen molar-refractivity contribution >= 4 is 63.3 Å². The number of anilines is 3. The smallest absolute Gasteiger partial charge is 0.246 e.